The first-order valence-corrected chi connectivity index (χ1v) is 4.62. The second kappa shape index (κ2) is 6.30. The standard InChI is InChI=1S/C7H15Cl.CH3Cl/c1-6(2)5-7(3,4)8;1-2/h6H,5H2,1-4H3;1H3. The summed E-state index contributed by atoms with van der Waals surface area (Å²) in [5.74, 6) is 0.711. The molecule has 0 rings (SSSR count). The van der Waals surface area contributed by atoms with Crippen molar-refractivity contribution >= 4 is 23.2 Å². The molecule has 0 aromatic rings. The van der Waals surface area contributed by atoms with E-state index in [1.807, 2.05) is 0 Å². The highest BCUT2D eigenvalue weighted by atomic mass is 35.5. The lowest BCUT2D eigenvalue weighted by atomic mass is 10.0. The van der Waals surface area contributed by atoms with Crippen molar-refractivity contribution in [3.8, 4) is 0 Å². The van der Waals surface area contributed by atoms with Gasteiger partial charge in [0.2, 0.25) is 0 Å². The molecule has 0 heterocycles. The smallest absolute Gasteiger partial charge is 0.0393 e. The lowest BCUT2D eigenvalue weighted by molar-refractivity contribution is 0.496. The van der Waals surface area contributed by atoms with Crippen LogP contribution in [0.3, 0.4) is 0 Å². The fourth-order valence-corrected chi connectivity index (χ4v) is 1.28. The van der Waals surface area contributed by atoms with Gasteiger partial charge in [-0.2, -0.15) is 0 Å². The molecule has 64 valence electrons. The molecule has 0 amide bonds. The molecule has 0 aliphatic heterocycles. The number of hydrogen-bond acceptors (Lipinski definition) is 0. The molecule has 0 nitrogen and oxygen atoms in total. The summed E-state index contributed by atoms with van der Waals surface area (Å²) < 4.78 is 0. The normalized spacial score (nSPS) is 10.8. The SMILES string of the molecule is CC(C)CC(C)(C)Cl.CCl. The molecule has 2 heteroatoms. The molecule has 0 radical (unpaired) electrons. The second-order valence-electron chi connectivity index (χ2n) is 3.32. The van der Waals surface area contributed by atoms with Gasteiger partial charge >= 0.3 is 0 Å². The number of halogens is 2. The molecule has 0 N–H and O–H groups in total. The summed E-state index contributed by atoms with van der Waals surface area (Å²) in [6, 6.07) is 0. The molecule has 0 atom stereocenters. The van der Waals surface area contributed by atoms with E-state index in [-0.39, 0.29) is 4.87 Å². The van der Waals surface area contributed by atoms with Gasteiger partial charge in [-0.15, -0.1) is 23.2 Å². The topological polar surface area (TPSA) is 0 Å². The van der Waals surface area contributed by atoms with Crippen molar-refractivity contribution in [2.45, 2.75) is 39.0 Å². The molecule has 0 spiro atoms. The van der Waals surface area contributed by atoms with Crippen molar-refractivity contribution in [1.29, 1.82) is 0 Å². The molecule has 0 fully saturated rings. The van der Waals surface area contributed by atoms with Gasteiger partial charge in [0.25, 0.3) is 0 Å². The van der Waals surface area contributed by atoms with E-state index < -0.39 is 0 Å². The van der Waals surface area contributed by atoms with E-state index in [9.17, 15) is 0 Å². The van der Waals surface area contributed by atoms with Crippen LogP contribution in [0.25, 0.3) is 0 Å². The summed E-state index contributed by atoms with van der Waals surface area (Å²) in [6.07, 6.45) is 2.56. The highest BCUT2D eigenvalue weighted by Gasteiger charge is 2.13. The fraction of sp³-hybridized carbons (Fsp3) is 1.00. The minimum Gasteiger partial charge on any atom is -0.130 e. The first-order valence-electron chi connectivity index (χ1n) is 3.48. The van der Waals surface area contributed by atoms with Gasteiger partial charge in [0.1, 0.15) is 0 Å². The van der Waals surface area contributed by atoms with Crippen molar-refractivity contribution in [3.63, 3.8) is 0 Å². The summed E-state index contributed by atoms with van der Waals surface area (Å²) in [6.45, 7) is 8.47. The van der Waals surface area contributed by atoms with Gasteiger partial charge in [0.05, 0.1) is 0 Å². The molecule has 0 bridgehead atoms. The maximum absolute atomic E-state index is 5.93. The van der Waals surface area contributed by atoms with Crippen molar-refractivity contribution < 1.29 is 0 Å². The quantitative estimate of drug-likeness (QED) is 0.572. The van der Waals surface area contributed by atoms with E-state index >= 15 is 0 Å². The van der Waals surface area contributed by atoms with Crippen LogP contribution in [0.1, 0.15) is 34.1 Å². The maximum Gasteiger partial charge on any atom is 0.0393 e. The van der Waals surface area contributed by atoms with Crippen LogP contribution in [0.2, 0.25) is 0 Å². The molecule has 0 aliphatic carbocycles. The van der Waals surface area contributed by atoms with Gasteiger partial charge in [-0.25, -0.2) is 0 Å². The Bertz CT molecular complexity index is 62.1. The Kier molecular flexibility index (Phi) is 8.31. The maximum atomic E-state index is 5.93. The minimum atomic E-state index is -0.00579. The summed E-state index contributed by atoms with van der Waals surface area (Å²) in [5, 5.41) is 0. The molecule has 0 aromatic carbocycles. The van der Waals surface area contributed by atoms with Crippen molar-refractivity contribution in [3.05, 3.63) is 0 Å². The van der Waals surface area contributed by atoms with Crippen LogP contribution in [0.15, 0.2) is 0 Å². The lowest BCUT2D eigenvalue weighted by Gasteiger charge is -2.17. The third kappa shape index (κ3) is 15.8. The van der Waals surface area contributed by atoms with Crippen LogP contribution in [0.4, 0.5) is 0 Å². The van der Waals surface area contributed by atoms with Crippen molar-refractivity contribution in [2.75, 3.05) is 6.38 Å². The Morgan fingerprint density at radius 1 is 1.20 bits per heavy atom. The van der Waals surface area contributed by atoms with E-state index in [0.717, 1.165) is 6.42 Å². The minimum absolute atomic E-state index is 0.00579. The highest BCUT2D eigenvalue weighted by Crippen LogP contribution is 2.22. The molecular weight excluding hydrogens is 167 g/mol. The fourth-order valence-electron chi connectivity index (χ4n) is 0.971. The van der Waals surface area contributed by atoms with E-state index in [1.165, 1.54) is 6.38 Å². The monoisotopic (exact) mass is 184 g/mol. The highest BCUT2D eigenvalue weighted by molar-refractivity contribution is 6.23. The lowest BCUT2D eigenvalue weighted by Crippen LogP contribution is -2.12. The molecule has 10 heavy (non-hydrogen) atoms. The van der Waals surface area contributed by atoms with E-state index in [0.29, 0.717) is 5.92 Å². The second-order valence-corrected chi connectivity index (χ2v) is 4.34. The van der Waals surface area contributed by atoms with Crippen LogP contribution in [-0.4, -0.2) is 11.3 Å². The Morgan fingerprint density at radius 2 is 1.50 bits per heavy atom. The Balaban J connectivity index is 0. The van der Waals surface area contributed by atoms with Gasteiger partial charge in [-0.3, -0.25) is 0 Å². The van der Waals surface area contributed by atoms with Crippen LogP contribution in [-0.2, 0) is 0 Å². The summed E-state index contributed by atoms with van der Waals surface area (Å²) in [7, 11) is 0. The molecule has 0 saturated heterocycles. The Hall–Kier alpha value is 0.580. The van der Waals surface area contributed by atoms with Gasteiger partial charge in [0.15, 0.2) is 0 Å². The summed E-state index contributed by atoms with van der Waals surface area (Å²) in [4.78, 5) is -0.00579. The van der Waals surface area contributed by atoms with Gasteiger partial charge in [-0.1, -0.05) is 13.8 Å². The first-order chi connectivity index (χ1) is 4.42. The predicted molar refractivity (Wildman–Crippen MR) is 51.2 cm³/mol. The molecule has 0 unspecified atom stereocenters. The summed E-state index contributed by atoms with van der Waals surface area (Å²) in [5.41, 5.74) is 0. The van der Waals surface area contributed by atoms with E-state index in [2.05, 4.69) is 39.3 Å². The van der Waals surface area contributed by atoms with Crippen LogP contribution in [0, 0.1) is 5.92 Å². The van der Waals surface area contributed by atoms with E-state index in [4.69, 9.17) is 11.6 Å². The molecule has 0 aliphatic rings. The van der Waals surface area contributed by atoms with Crippen LogP contribution >= 0.6 is 23.2 Å². The van der Waals surface area contributed by atoms with E-state index in [1.54, 1.807) is 0 Å². The third-order valence-corrected chi connectivity index (χ3v) is 1.05. The molecular formula is C8H18Cl2. The average Bonchev–Trinajstić information content (AvgIpc) is 1.64. The van der Waals surface area contributed by atoms with Gasteiger partial charge < -0.3 is 0 Å². The third-order valence-electron chi connectivity index (χ3n) is 0.894. The zero-order valence-electron chi connectivity index (χ0n) is 7.54. The largest absolute Gasteiger partial charge is 0.130 e. The first kappa shape index (κ1) is 13.2. The van der Waals surface area contributed by atoms with Gasteiger partial charge in [-0.05, 0) is 26.2 Å². The number of alkyl halides is 2. The van der Waals surface area contributed by atoms with Crippen LogP contribution < -0.4 is 0 Å². The zero-order valence-corrected chi connectivity index (χ0v) is 9.05. The zero-order chi connectivity index (χ0) is 8.78. The predicted octanol–water partition coefficient (Wildman–Crippen LogP) is 3.90. The number of rotatable bonds is 2. The molecule has 0 aromatic heterocycles. The Morgan fingerprint density at radius 3 is 1.50 bits per heavy atom. The summed E-state index contributed by atoms with van der Waals surface area (Å²) >= 11 is 10.6. The van der Waals surface area contributed by atoms with Crippen LogP contribution in [0.5, 0.6) is 0 Å². The van der Waals surface area contributed by atoms with Crippen molar-refractivity contribution in [2.24, 2.45) is 5.92 Å². The Labute approximate surface area is 74.9 Å². The molecule has 0 saturated carbocycles. The average molecular weight is 185 g/mol. The van der Waals surface area contributed by atoms with Gasteiger partial charge in [0, 0.05) is 11.3 Å². The number of hydrogen-bond donors (Lipinski definition) is 0. The van der Waals surface area contributed by atoms with Crippen molar-refractivity contribution in [1.82, 2.24) is 0 Å².